The van der Waals surface area contributed by atoms with Crippen LogP contribution in [0, 0.1) is 25.7 Å². The molecule has 3 amide bonds. The molecule has 3 saturated heterocycles. The van der Waals surface area contributed by atoms with Crippen LogP contribution in [0.15, 0.2) is 73.8 Å². The Morgan fingerprint density at radius 2 is 1.81 bits per heavy atom. The molecule has 3 fully saturated rings. The highest BCUT2D eigenvalue weighted by atomic mass is 16.5. The Bertz CT molecular complexity index is 1380. The molecule has 2 unspecified atom stereocenters. The fourth-order valence-electron chi connectivity index (χ4n) is 7.35. The van der Waals surface area contributed by atoms with Gasteiger partial charge in [-0.3, -0.25) is 14.4 Å². The SMILES string of the molecule is C=CCN(Cc1ccccc1)C(=O)[C@@H]1[C@H]2C(=O)N(CCCCO)C(C(=O)N(CC=C)c3cc(C)ccc3C)C23CC[C@H]1O3. The van der Waals surface area contributed by atoms with Gasteiger partial charge in [-0.2, -0.15) is 0 Å². The summed E-state index contributed by atoms with van der Waals surface area (Å²) in [6.45, 7) is 13.0. The fraction of sp³-hybridized carbons (Fsp3) is 0.457. The molecule has 3 aliphatic heterocycles. The normalized spacial score (nSPS) is 25.5. The van der Waals surface area contributed by atoms with Crippen molar-refractivity contribution in [2.45, 2.75) is 63.8 Å². The monoisotopic (exact) mass is 585 g/mol. The number of anilines is 1. The van der Waals surface area contributed by atoms with Crippen LogP contribution in [0.1, 0.15) is 42.4 Å². The van der Waals surface area contributed by atoms with Crippen molar-refractivity contribution < 1.29 is 24.2 Å². The van der Waals surface area contributed by atoms with Gasteiger partial charge in [0.15, 0.2) is 0 Å². The molecule has 3 aliphatic rings. The quantitative estimate of drug-likeness (QED) is 0.281. The second-order valence-electron chi connectivity index (χ2n) is 12.0. The lowest BCUT2D eigenvalue weighted by Crippen LogP contribution is -2.56. The summed E-state index contributed by atoms with van der Waals surface area (Å²) < 4.78 is 6.70. The Morgan fingerprint density at radius 1 is 1.07 bits per heavy atom. The van der Waals surface area contributed by atoms with E-state index < -0.39 is 29.6 Å². The van der Waals surface area contributed by atoms with Crippen molar-refractivity contribution in [3.63, 3.8) is 0 Å². The lowest BCUT2D eigenvalue weighted by atomic mass is 9.70. The number of benzene rings is 2. The van der Waals surface area contributed by atoms with Gasteiger partial charge < -0.3 is 24.5 Å². The zero-order valence-electron chi connectivity index (χ0n) is 25.3. The van der Waals surface area contributed by atoms with Crippen molar-refractivity contribution in [2.75, 3.05) is 31.1 Å². The van der Waals surface area contributed by atoms with E-state index in [0.29, 0.717) is 45.3 Å². The van der Waals surface area contributed by atoms with Crippen molar-refractivity contribution in [3.05, 3.63) is 90.5 Å². The van der Waals surface area contributed by atoms with Gasteiger partial charge in [0.25, 0.3) is 5.91 Å². The molecule has 5 atom stereocenters. The van der Waals surface area contributed by atoms with Gasteiger partial charge in [0.1, 0.15) is 11.6 Å². The second-order valence-corrected chi connectivity index (χ2v) is 12.0. The van der Waals surface area contributed by atoms with Crippen LogP contribution in [-0.4, -0.2) is 76.6 Å². The molecule has 5 rings (SSSR count). The Kier molecular flexibility index (Phi) is 9.18. The lowest BCUT2D eigenvalue weighted by molar-refractivity contribution is -0.145. The van der Waals surface area contributed by atoms with Crippen molar-refractivity contribution in [1.29, 1.82) is 0 Å². The number of aliphatic hydroxyl groups is 1. The van der Waals surface area contributed by atoms with Gasteiger partial charge >= 0.3 is 0 Å². The number of nitrogens with zero attached hydrogens (tertiary/aromatic N) is 3. The van der Waals surface area contributed by atoms with E-state index >= 15 is 0 Å². The van der Waals surface area contributed by atoms with E-state index in [1.165, 1.54) is 0 Å². The third-order valence-corrected chi connectivity index (χ3v) is 9.24. The van der Waals surface area contributed by atoms with Crippen LogP contribution in [0.4, 0.5) is 5.69 Å². The number of aryl methyl sites for hydroxylation is 2. The summed E-state index contributed by atoms with van der Waals surface area (Å²) >= 11 is 0. The molecule has 8 nitrogen and oxygen atoms in total. The number of carbonyl (C=O) groups excluding carboxylic acids is 3. The van der Waals surface area contributed by atoms with Gasteiger partial charge in [-0.05, 0) is 62.3 Å². The van der Waals surface area contributed by atoms with Gasteiger partial charge in [0.2, 0.25) is 11.8 Å². The summed E-state index contributed by atoms with van der Waals surface area (Å²) in [6, 6.07) is 14.9. The lowest BCUT2D eigenvalue weighted by Gasteiger charge is -2.37. The number of fused-ring (bicyclic) bond motifs is 1. The van der Waals surface area contributed by atoms with E-state index in [0.717, 1.165) is 22.4 Å². The van der Waals surface area contributed by atoms with Crippen molar-refractivity contribution >= 4 is 23.4 Å². The number of rotatable bonds is 13. The highest BCUT2D eigenvalue weighted by molar-refractivity contribution is 6.05. The van der Waals surface area contributed by atoms with Crippen molar-refractivity contribution in [2.24, 2.45) is 11.8 Å². The summed E-state index contributed by atoms with van der Waals surface area (Å²) in [5.74, 6) is -2.02. The first kappa shape index (κ1) is 30.7. The molecule has 0 radical (unpaired) electrons. The number of likely N-dealkylation sites (tertiary alicyclic amines) is 1. The minimum absolute atomic E-state index is 0.00399. The summed E-state index contributed by atoms with van der Waals surface area (Å²) in [5.41, 5.74) is 2.62. The fourth-order valence-corrected chi connectivity index (χ4v) is 7.35. The molecule has 8 heteroatoms. The maximum atomic E-state index is 14.7. The van der Waals surface area contributed by atoms with Crippen molar-refractivity contribution in [1.82, 2.24) is 9.80 Å². The number of unbranched alkanes of at least 4 members (excludes halogenated alkanes) is 1. The standard InChI is InChI=1S/C35H43N3O5/c1-5-18-36(23-26-12-8-7-9-13-26)32(40)29-28-16-17-35(43-28)30(29)33(41)38(20-10-11-21-39)31(35)34(42)37(19-6-2)27-22-24(3)14-15-25(27)4/h5-9,12-15,22,28-31,39H,1-2,10-11,16-21,23H2,3-4H3/t28-,29+,30+,31?,35?/m1/s1. The van der Waals surface area contributed by atoms with Gasteiger partial charge in [-0.15, -0.1) is 13.2 Å². The number of ether oxygens (including phenoxy) is 1. The molecule has 1 N–H and O–H groups in total. The van der Waals surface area contributed by atoms with Crippen LogP contribution in [-0.2, 0) is 25.7 Å². The first-order chi connectivity index (χ1) is 20.8. The van der Waals surface area contributed by atoms with E-state index in [2.05, 4.69) is 13.2 Å². The average Bonchev–Trinajstić information content (AvgIpc) is 3.64. The smallest absolute Gasteiger partial charge is 0.253 e. The first-order valence-electron chi connectivity index (χ1n) is 15.3. The molecule has 1 spiro atoms. The van der Waals surface area contributed by atoms with Gasteiger partial charge in [-0.25, -0.2) is 0 Å². The highest BCUT2D eigenvalue weighted by Gasteiger charge is 2.74. The van der Waals surface area contributed by atoms with Crippen LogP contribution in [0.3, 0.4) is 0 Å². The minimum Gasteiger partial charge on any atom is -0.396 e. The number of hydrogen-bond acceptors (Lipinski definition) is 5. The maximum Gasteiger partial charge on any atom is 0.253 e. The van der Waals surface area contributed by atoms with Gasteiger partial charge in [0, 0.05) is 38.5 Å². The predicted octanol–water partition coefficient (Wildman–Crippen LogP) is 4.18. The molecule has 3 heterocycles. The molecule has 2 aromatic carbocycles. The van der Waals surface area contributed by atoms with E-state index in [-0.39, 0.29) is 30.9 Å². The third kappa shape index (κ3) is 5.54. The van der Waals surface area contributed by atoms with Gasteiger partial charge in [0.05, 0.1) is 17.9 Å². The second kappa shape index (κ2) is 12.9. The van der Waals surface area contributed by atoms with Gasteiger partial charge in [-0.1, -0.05) is 54.6 Å². The van der Waals surface area contributed by atoms with E-state index in [4.69, 9.17) is 4.74 Å². The molecule has 0 aliphatic carbocycles. The van der Waals surface area contributed by atoms with Crippen molar-refractivity contribution in [3.8, 4) is 0 Å². The summed E-state index contributed by atoms with van der Waals surface area (Å²) in [6.07, 6.45) is 5.13. The molecule has 43 heavy (non-hydrogen) atoms. The largest absolute Gasteiger partial charge is 0.396 e. The summed E-state index contributed by atoms with van der Waals surface area (Å²) in [4.78, 5) is 48.5. The molecular formula is C35H43N3O5. The summed E-state index contributed by atoms with van der Waals surface area (Å²) in [7, 11) is 0. The molecule has 2 bridgehead atoms. The number of amides is 3. The molecule has 0 aromatic heterocycles. The Balaban J connectivity index is 1.53. The minimum atomic E-state index is -1.10. The summed E-state index contributed by atoms with van der Waals surface area (Å²) in [5, 5.41) is 9.48. The number of aliphatic hydroxyl groups excluding tert-OH is 1. The Hall–Kier alpha value is -3.75. The molecular weight excluding hydrogens is 542 g/mol. The van der Waals surface area contributed by atoms with Crippen LogP contribution in [0.5, 0.6) is 0 Å². The first-order valence-corrected chi connectivity index (χ1v) is 15.3. The number of hydrogen-bond donors (Lipinski definition) is 1. The third-order valence-electron chi connectivity index (χ3n) is 9.24. The molecule has 2 aromatic rings. The van der Waals surface area contributed by atoms with E-state index in [9.17, 15) is 19.5 Å². The number of carbonyl (C=O) groups is 3. The predicted molar refractivity (Wildman–Crippen MR) is 166 cm³/mol. The van der Waals surface area contributed by atoms with E-state index in [1.54, 1.807) is 26.9 Å². The maximum absolute atomic E-state index is 14.7. The Morgan fingerprint density at radius 3 is 2.51 bits per heavy atom. The zero-order valence-corrected chi connectivity index (χ0v) is 25.3. The highest BCUT2D eigenvalue weighted by Crippen LogP contribution is 2.59. The van der Waals surface area contributed by atoms with Crippen LogP contribution in [0.25, 0.3) is 0 Å². The van der Waals surface area contributed by atoms with Crippen LogP contribution < -0.4 is 4.90 Å². The molecule has 0 saturated carbocycles. The molecule has 228 valence electrons. The topological polar surface area (TPSA) is 90.4 Å². The van der Waals surface area contributed by atoms with Crippen LogP contribution in [0.2, 0.25) is 0 Å². The average molecular weight is 586 g/mol. The van der Waals surface area contributed by atoms with Crippen LogP contribution >= 0.6 is 0 Å². The van der Waals surface area contributed by atoms with E-state index in [1.807, 2.05) is 62.4 Å². The zero-order chi connectivity index (χ0) is 30.7. The Labute approximate surface area is 254 Å².